The number of benzene rings is 2. The number of amides is 1. The first kappa shape index (κ1) is 17.2. The highest BCUT2D eigenvalue weighted by Gasteiger charge is 2.22. The molecule has 2 rings (SSSR count). The van der Waals surface area contributed by atoms with Crippen molar-refractivity contribution in [3.05, 3.63) is 59.7 Å². The first-order chi connectivity index (χ1) is 10.8. The van der Waals surface area contributed by atoms with Crippen molar-refractivity contribution in [2.45, 2.75) is 31.7 Å². The number of carbonyl (C=O) groups is 1. The van der Waals surface area contributed by atoms with Gasteiger partial charge in [-0.2, -0.15) is 4.72 Å². The summed E-state index contributed by atoms with van der Waals surface area (Å²) in [6.07, 6.45) is 0. The third-order valence-corrected chi connectivity index (χ3v) is 4.99. The molecule has 0 spiro atoms. The van der Waals surface area contributed by atoms with Crippen molar-refractivity contribution >= 4 is 21.6 Å². The molecular weight excluding hydrogens is 312 g/mol. The molecule has 0 radical (unpaired) electrons. The van der Waals surface area contributed by atoms with Gasteiger partial charge in [0.05, 0.1) is 10.9 Å². The molecule has 6 heteroatoms. The van der Waals surface area contributed by atoms with Crippen molar-refractivity contribution in [3.63, 3.8) is 0 Å². The van der Waals surface area contributed by atoms with E-state index >= 15 is 0 Å². The molecule has 5 nitrogen and oxygen atoms in total. The first-order valence-corrected chi connectivity index (χ1v) is 8.73. The van der Waals surface area contributed by atoms with Gasteiger partial charge in [-0.05, 0) is 50.1 Å². The highest BCUT2D eigenvalue weighted by Crippen LogP contribution is 2.17. The van der Waals surface area contributed by atoms with Gasteiger partial charge in [0.1, 0.15) is 0 Å². The number of hydrogen-bond donors (Lipinski definition) is 2. The van der Waals surface area contributed by atoms with E-state index in [0.717, 1.165) is 11.1 Å². The van der Waals surface area contributed by atoms with Crippen molar-refractivity contribution in [2.24, 2.45) is 0 Å². The second-order valence-corrected chi connectivity index (χ2v) is 7.18. The van der Waals surface area contributed by atoms with Crippen LogP contribution in [0.3, 0.4) is 0 Å². The normalized spacial score (nSPS) is 12.7. The highest BCUT2D eigenvalue weighted by atomic mass is 32.2. The van der Waals surface area contributed by atoms with Crippen molar-refractivity contribution in [1.82, 2.24) is 4.72 Å². The van der Waals surface area contributed by atoms with Gasteiger partial charge in [0.15, 0.2) is 0 Å². The molecule has 1 unspecified atom stereocenters. The minimum atomic E-state index is -3.73. The van der Waals surface area contributed by atoms with Crippen molar-refractivity contribution in [1.29, 1.82) is 0 Å². The summed E-state index contributed by atoms with van der Waals surface area (Å²) < 4.78 is 26.8. The Bertz CT molecular complexity index is 802. The zero-order valence-electron chi connectivity index (χ0n) is 13.3. The monoisotopic (exact) mass is 332 g/mol. The molecule has 0 aliphatic heterocycles. The summed E-state index contributed by atoms with van der Waals surface area (Å²) >= 11 is 0. The molecule has 1 atom stereocenters. The molecule has 2 N–H and O–H groups in total. The predicted octanol–water partition coefficient (Wildman–Crippen LogP) is 2.61. The molecule has 2 aromatic carbocycles. The van der Waals surface area contributed by atoms with Crippen LogP contribution in [0.1, 0.15) is 18.1 Å². The molecular formula is C17H20N2O3S. The fourth-order valence-electron chi connectivity index (χ4n) is 2.07. The summed E-state index contributed by atoms with van der Waals surface area (Å²) in [6, 6.07) is 12.8. The predicted molar refractivity (Wildman–Crippen MR) is 90.8 cm³/mol. The largest absolute Gasteiger partial charge is 0.324 e. The smallest absolute Gasteiger partial charge is 0.242 e. The lowest BCUT2D eigenvalue weighted by Crippen LogP contribution is -2.41. The maximum Gasteiger partial charge on any atom is 0.242 e. The summed E-state index contributed by atoms with van der Waals surface area (Å²) in [5.74, 6) is -0.404. The average molecular weight is 332 g/mol. The molecule has 122 valence electrons. The van der Waals surface area contributed by atoms with Crippen LogP contribution in [-0.4, -0.2) is 20.4 Å². The molecule has 0 aromatic heterocycles. The van der Waals surface area contributed by atoms with Crippen LogP contribution < -0.4 is 10.0 Å². The van der Waals surface area contributed by atoms with E-state index in [4.69, 9.17) is 0 Å². The Morgan fingerprint density at radius 1 is 1.04 bits per heavy atom. The van der Waals surface area contributed by atoms with Gasteiger partial charge in [-0.15, -0.1) is 0 Å². The van der Waals surface area contributed by atoms with Crippen LogP contribution in [0.5, 0.6) is 0 Å². The van der Waals surface area contributed by atoms with Gasteiger partial charge in [-0.3, -0.25) is 4.79 Å². The maximum absolute atomic E-state index is 12.2. The van der Waals surface area contributed by atoms with E-state index in [1.54, 1.807) is 18.2 Å². The van der Waals surface area contributed by atoms with Gasteiger partial charge in [-0.1, -0.05) is 30.3 Å². The average Bonchev–Trinajstić information content (AvgIpc) is 2.51. The van der Waals surface area contributed by atoms with E-state index in [1.807, 2.05) is 32.0 Å². The summed E-state index contributed by atoms with van der Waals surface area (Å²) in [5.41, 5.74) is 2.62. The van der Waals surface area contributed by atoms with Crippen molar-refractivity contribution in [3.8, 4) is 0 Å². The Morgan fingerprint density at radius 3 is 2.35 bits per heavy atom. The quantitative estimate of drug-likeness (QED) is 0.884. The molecule has 0 saturated carbocycles. The van der Waals surface area contributed by atoms with Crippen LogP contribution in [0.4, 0.5) is 5.69 Å². The Morgan fingerprint density at radius 2 is 1.70 bits per heavy atom. The third-order valence-electron chi connectivity index (χ3n) is 3.43. The lowest BCUT2D eigenvalue weighted by atomic mass is 10.1. The van der Waals surface area contributed by atoms with E-state index in [0.29, 0.717) is 5.69 Å². The summed E-state index contributed by atoms with van der Waals surface area (Å²) in [4.78, 5) is 12.4. The molecule has 0 bridgehead atoms. The van der Waals surface area contributed by atoms with Gasteiger partial charge in [-0.25, -0.2) is 8.42 Å². The van der Waals surface area contributed by atoms with Gasteiger partial charge in [0.25, 0.3) is 0 Å². The molecule has 1 amide bonds. The van der Waals surface area contributed by atoms with Crippen LogP contribution in [0.2, 0.25) is 0 Å². The fourth-order valence-corrected chi connectivity index (χ4v) is 3.29. The third kappa shape index (κ3) is 4.40. The molecule has 0 aliphatic carbocycles. The minimum Gasteiger partial charge on any atom is -0.324 e. The Balaban J connectivity index is 2.10. The standard InChI is InChI=1S/C17H20N2O3S/c1-12-9-10-13(2)16(11-12)18-17(20)14(3)19-23(21,22)15-7-5-4-6-8-15/h4-11,14,19H,1-3H3,(H,18,20). The van der Waals surface area contributed by atoms with Crippen molar-refractivity contribution < 1.29 is 13.2 Å². The molecule has 0 aliphatic rings. The van der Waals surface area contributed by atoms with Crippen molar-refractivity contribution in [2.75, 3.05) is 5.32 Å². The van der Waals surface area contributed by atoms with Crippen LogP contribution in [-0.2, 0) is 14.8 Å². The Hall–Kier alpha value is -2.18. The lowest BCUT2D eigenvalue weighted by molar-refractivity contribution is -0.117. The number of sulfonamides is 1. The molecule has 0 heterocycles. The number of hydrogen-bond acceptors (Lipinski definition) is 3. The number of nitrogens with one attached hydrogen (secondary N) is 2. The zero-order chi connectivity index (χ0) is 17.0. The van der Waals surface area contributed by atoms with E-state index in [-0.39, 0.29) is 4.90 Å². The maximum atomic E-state index is 12.2. The van der Waals surface area contributed by atoms with Gasteiger partial charge < -0.3 is 5.32 Å². The SMILES string of the molecule is Cc1ccc(C)c(NC(=O)C(C)NS(=O)(=O)c2ccccc2)c1. The number of rotatable bonds is 5. The molecule has 0 fully saturated rings. The zero-order valence-corrected chi connectivity index (χ0v) is 14.1. The highest BCUT2D eigenvalue weighted by molar-refractivity contribution is 7.89. The Kier molecular flexibility index (Phi) is 5.18. The number of anilines is 1. The second kappa shape index (κ2) is 6.93. The van der Waals surface area contributed by atoms with E-state index in [9.17, 15) is 13.2 Å². The molecule has 2 aromatic rings. The van der Waals surface area contributed by atoms with E-state index in [2.05, 4.69) is 10.0 Å². The first-order valence-electron chi connectivity index (χ1n) is 7.25. The van der Waals surface area contributed by atoms with E-state index in [1.165, 1.54) is 19.1 Å². The summed E-state index contributed by atoms with van der Waals surface area (Å²) in [6.45, 7) is 5.32. The molecule has 0 saturated heterocycles. The Labute approximate surface area is 136 Å². The van der Waals surface area contributed by atoms with Crippen LogP contribution >= 0.6 is 0 Å². The topological polar surface area (TPSA) is 75.3 Å². The fraction of sp³-hybridized carbons (Fsp3) is 0.235. The number of aryl methyl sites for hydroxylation is 2. The van der Waals surface area contributed by atoms with Crippen LogP contribution in [0, 0.1) is 13.8 Å². The lowest BCUT2D eigenvalue weighted by Gasteiger charge is -2.16. The second-order valence-electron chi connectivity index (χ2n) is 5.46. The van der Waals surface area contributed by atoms with Gasteiger partial charge in [0.2, 0.25) is 15.9 Å². The van der Waals surface area contributed by atoms with Gasteiger partial charge >= 0.3 is 0 Å². The van der Waals surface area contributed by atoms with Crippen LogP contribution in [0.25, 0.3) is 0 Å². The van der Waals surface area contributed by atoms with E-state index < -0.39 is 22.0 Å². The van der Waals surface area contributed by atoms with Crippen LogP contribution in [0.15, 0.2) is 53.4 Å². The summed E-state index contributed by atoms with van der Waals surface area (Å²) in [7, 11) is -3.73. The number of carbonyl (C=O) groups excluding carboxylic acids is 1. The summed E-state index contributed by atoms with van der Waals surface area (Å²) in [5, 5.41) is 2.76. The molecule has 23 heavy (non-hydrogen) atoms. The minimum absolute atomic E-state index is 0.131. The van der Waals surface area contributed by atoms with Gasteiger partial charge in [0, 0.05) is 5.69 Å².